The van der Waals surface area contributed by atoms with Gasteiger partial charge in [-0.15, -0.1) is 0 Å². The summed E-state index contributed by atoms with van der Waals surface area (Å²) < 4.78 is 26.7. The number of nitrogens with zero attached hydrogens (tertiary/aromatic N) is 1. The van der Waals surface area contributed by atoms with Crippen LogP contribution in [0.3, 0.4) is 0 Å². The Kier molecular flexibility index (Phi) is 4.12. The SMILES string of the molecule is CN(CC(N)c1ccccc1F)c1cccc(F)c1. The van der Waals surface area contributed by atoms with Crippen molar-refractivity contribution in [2.24, 2.45) is 5.73 Å². The van der Waals surface area contributed by atoms with Crippen molar-refractivity contribution < 1.29 is 8.78 Å². The van der Waals surface area contributed by atoms with Crippen LogP contribution in [0.4, 0.5) is 14.5 Å². The largest absolute Gasteiger partial charge is 0.373 e. The minimum atomic E-state index is -0.463. The summed E-state index contributed by atoms with van der Waals surface area (Å²) in [6.45, 7) is 0.407. The summed E-state index contributed by atoms with van der Waals surface area (Å²) in [5, 5.41) is 0. The van der Waals surface area contributed by atoms with E-state index in [0.717, 1.165) is 0 Å². The van der Waals surface area contributed by atoms with E-state index in [0.29, 0.717) is 17.8 Å². The molecule has 0 bridgehead atoms. The number of anilines is 1. The summed E-state index contributed by atoms with van der Waals surface area (Å²) in [4.78, 5) is 1.81. The summed E-state index contributed by atoms with van der Waals surface area (Å²) in [5.74, 6) is -0.619. The van der Waals surface area contributed by atoms with Gasteiger partial charge in [0.2, 0.25) is 0 Å². The van der Waals surface area contributed by atoms with E-state index in [1.165, 1.54) is 18.2 Å². The predicted molar refractivity (Wildman–Crippen MR) is 73.0 cm³/mol. The van der Waals surface area contributed by atoms with Gasteiger partial charge in [0.1, 0.15) is 11.6 Å². The summed E-state index contributed by atoms with van der Waals surface area (Å²) >= 11 is 0. The molecule has 0 heterocycles. The Morgan fingerprint density at radius 1 is 1.11 bits per heavy atom. The zero-order valence-corrected chi connectivity index (χ0v) is 10.7. The van der Waals surface area contributed by atoms with E-state index in [9.17, 15) is 8.78 Å². The number of nitrogens with two attached hydrogens (primary N) is 1. The molecule has 0 spiro atoms. The predicted octanol–water partition coefficient (Wildman–Crippen LogP) is 3.10. The smallest absolute Gasteiger partial charge is 0.128 e. The maximum atomic E-state index is 13.6. The molecule has 0 aliphatic carbocycles. The second-order valence-corrected chi connectivity index (χ2v) is 4.49. The Balaban J connectivity index is 2.11. The summed E-state index contributed by atoms with van der Waals surface area (Å²) in [7, 11) is 1.80. The summed E-state index contributed by atoms with van der Waals surface area (Å²) in [6, 6.07) is 12.2. The van der Waals surface area contributed by atoms with Crippen LogP contribution >= 0.6 is 0 Å². The lowest BCUT2D eigenvalue weighted by molar-refractivity contribution is 0.579. The quantitative estimate of drug-likeness (QED) is 0.917. The molecule has 0 aliphatic heterocycles. The first-order valence-corrected chi connectivity index (χ1v) is 6.04. The minimum Gasteiger partial charge on any atom is -0.373 e. The van der Waals surface area contributed by atoms with Crippen molar-refractivity contribution in [3.8, 4) is 0 Å². The molecule has 2 nitrogen and oxygen atoms in total. The Morgan fingerprint density at radius 2 is 1.84 bits per heavy atom. The molecule has 2 aromatic rings. The van der Waals surface area contributed by atoms with Crippen LogP contribution in [0.5, 0.6) is 0 Å². The normalized spacial score (nSPS) is 12.2. The summed E-state index contributed by atoms with van der Waals surface area (Å²) in [5.41, 5.74) is 7.18. The second-order valence-electron chi connectivity index (χ2n) is 4.49. The molecule has 1 atom stereocenters. The minimum absolute atomic E-state index is 0.302. The van der Waals surface area contributed by atoms with Crippen molar-refractivity contribution in [1.82, 2.24) is 0 Å². The molecular weight excluding hydrogens is 246 g/mol. The number of likely N-dealkylation sites (N-methyl/N-ethyl adjacent to an activating group) is 1. The fraction of sp³-hybridized carbons (Fsp3) is 0.200. The topological polar surface area (TPSA) is 29.3 Å². The average Bonchev–Trinajstić information content (AvgIpc) is 2.39. The zero-order chi connectivity index (χ0) is 13.8. The third-order valence-electron chi connectivity index (χ3n) is 3.02. The maximum Gasteiger partial charge on any atom is 0.128 e. The fourth-order valence-corrected chi connectivity index (χ4v) is 1.99. The molecule has 4 heteroatoms. The van der Waals surface area contributed by atoms with Gasteiger partial charge in [-0.3, -0.25) is 0 Å². The van der Waals surface area contributed by atoms with Gasteiger partial charge in [0.15, 0.2) is 0 Å². The van der Waals surface area contributed by atoms with Crippen molar-refractivity contribution in [3.63, 3.8) is 0 Å². The van der Waals surface area contributed by atoms with Crippen molar-refractivity contribution in [2.75, 3.05) is 18.5 Å². The van der Waals surface area contributed by atoms with Gasteiger partial charge in [0, 0.05) is 24.8 Å². The molecule has 0 saturated heterocycles. The van der Waals surface area contributed by atoms with Gasteiger partial charge in [-0.2, -0.15) is 0 Å². The third kappa shape index (κ3) is 3.29. The average molecular weight is 262 g/mol. The lowest BCUT2D eigenvalue weighted by Crippen LogP contribution is -2.29. The molecule has 2 rings (SSSR count). The molecule has 0 radical (unpaired) electrons. The maximum absolute atomic E-state index is 13.6. The van der Waals surface area contributed by atoms with E-state index in [2.05, 4.69) is 0 Å². The molecule has 2 aromatic carbocycles. The van der Waals surface area contributed by atoms with Crippen LogP contribution in [-0.4, -0.2) is 13.6 Å². The Hall–Kier alpha value is -1.94. The van der Waals surface area contributed by atoms with Gasteiger partial charge in [-0.1, -0.05) is 24.3 Å². The fourth-order valence-electron chi connectivity index (χ4n) is 1.99. The zero-order valence-electron chi connectivity index (χ0n) is 10.7. The molecule has 1 unspecified atom stereocenters. The first-order chi connectivity index (χ1) is 9.08. The van der Waals surface area contributed by atoms with Gasteiger partial charge in [-0.25, -0.2) is 8.78 Å². The highest BCUT2D eigenvalue weighted by Crippen LogP contribution is 2.19. The van der Waals surface area contributed by atoms with Crippen LogP contribution in [0.25, 0.3) is 0 Å². The number of halogens is 2. The Labute approximate surface area is 111 Å². The molecule has 2 N–H and O–H groups in total. The number of benzene rings is 2. The molecular formula is C15H16F2N2. The lowest BCUT2D eigenvalue weighted by atomic mass is 10.1. The first-order valence-electron chi connectivity index (χ1n) is 6.04. The van der Waals surface area contributed by atoms with Gasteiger partial charge in [0.05, 0.1) is 6.04 Å². The highest BCUT2D eigenvalue weighted by Gasteiger charge is 2.13. The first kappa shape index (κ1) is 13.5. The van der Waals surface area contributed by atoms with Crippen LogP contribution in [-0.2, 0) is 0 Å². The van der Waals surface area contributed by atoms with E-state index in [1.807, 2.05) is 0 Å². The van der Waals surface area contributed by atoms with E-state index in [4.69, 9.17) is 5.73 Å². The second kappa shape index (κ2) is 5.80. The molecule has 0 saturated carbocycles. The Bertz CT molecular complexity index is 557. The number of hydrogen-bond acceptors (Lipinski definition) is 2. The number of hydrogen-bond donors (Lipinski definition) is 1. The third-order valence-corrected chi connectivity index (χ3v) is 3.02. The van der Waals surface area contributed by atoms with Gasteiger partial charge >= 0.3 is 0 Å². The monoisotopic (exact) mass is 262 g/mol. The van der Waals surface area contributed by atoms with E-state index < -0.39 is 6.04 Å². The van der Waals surface area contributed by atoms with Gasteiger partial charge in [0.25, 0.3) is 0 Å². The number of rotatable bonds is 4. The van der Waals surface area contributed by atoms with Crippen LogP contribution in [0.2, 0.25) is 0 Å². The van der Waals surface area contributed by atoms with Crippen molar-refractivity contribution >= 4 is 5.69 Å². The van der Waals surface area contributed by atoms with Crippen molar-refractivity contribution in [3.05, 3.63) is 65.7 Å². The van der Waals surface area contributed by atoms with Crippen LogP contribution in [0.15, 0.2) is 48.5 Å². The molecule has 0 aromatic heterocycles. The molecule has 19 heavy (non-hydrogen) atoms. The Morgan fingerprint density at radius 3 is 2.53 bits per heavy atom. The highest BCUT2D eigenvalue weighted by atomic mass is 19.1. The molecule has 0 amide bonds. The van der Waals surface area contributed by atoms with E-state index >= 15 is 0 Å². The van der Waals surface area contributed by atoms with Crippen LogP contribution in [0.1, 0.15) is 11.6 Å². The molecule has 0 fully saturated rings. The molecule has 100 valence electrons. The van der Waals surface area contributed by atoms with Crippen molar-refractivity contribution in [2.45, 2.75) is 6.04 Å². The van der Waals surface area contributed by atoms with Crippen LogP contribution in [0, 0.1) is 11.6 Å². The van der Waals surface area contributed by atoms with Crippen molar-refractivity contribution in [1.29, 1.82) is 0 Å². The van der Waals surface area contributed by atoms with E-state index in [-0.39, 0.29) is 11.6 Å². The van der Waals surface area contributed by atoms with Gasteiger partial charge in [-0.05, 0) is 24.3 Å². The van der Waals surface area contributed by atoms with Gasteiger partial charge < -0.3 is 10.6 Å². The van der Waals surface area contributed by atoms with E-state index in [1.54, 1.807) is 42.3 Å². The standard InChI is InChI=1S/C15H16F2N2/c1-19(12-6-4-5-11(16)9-12)10-15(18)13-7-2-3-8-14(13)17/h2-9,15H,10,18H2,1H3. The lowest BCUT2D eigenvalue weighted by Gasteiger charge is -2.24. The highest BCUT2D eigenvalue weighted by molar-refractivity contribution is 5.46. The summed E-state index contributed by atoms with van der Waals surface area (Å²) in [6.07, 6.45) is 0. The molecule has 0 aliphatic rings. The van der Waals surface area contributed by atoms with Crippen LogP contribution < -0.4 is 10.6 Å².